The molecule has 1 aliphatic rings. The van der Waals surface area contributed by atoms with Crippen LogP contribution in [0, 0.1) is 0 Å². The second-order valence-electron chi connectivity index (χ2n) is 4.51. The van der Waals surface area contributed by atoms with Crippen LogP contribution >= 0.6 is 0 Å². The molecule has 4 N–H and O–H groups in total. The Kier molecular flexibility index (Phi) is 4.68. The van der Waals surface area contributed by atoms with Crippen LogP contribution in [0.15, 0.2) is 42.9 Å². The van der Waals surface area contributed by atoms with Crippen molar-refractivity contribution in [3.8, 4) is 0 Å². The molecule has 1 aromatic heterocycles. The first kappa shape index (κ1) is 14.0. The van der Waals surface area contributed by atoms with E-state index in [1.165, 1.54) is 17.5 Å². The van der Waals surface area contributed by atoms with Crippen LogP contribution in [0.2, 0.25) is 0 Å². The van der Waals surface area contributed by atoms with Gasteiger partial charge in [-0.1, -0.05) is 36.4 Å². The molecule has 2 aromatic rings. The number of nitrogens with two attached hydrogens (primary N) is 1. The maximum absolute atomic E-state index is 10.3. The number of aliphatic carboxylic acids is 1. The van der Waals surface area contributed by atoms with Crippen LogP contribution < -0.4 is 5.73 Å². The molecule has 0 radical (unpaired) electrons. The van der Waals surface area contributed by atoms with E-state index in [1.807, 2.05) is 0 Å². The first-order valence-corrected chi connectivity index (χ1v) is 6.37. The SMILES string of the molecule is C1=Cc2ccccc2C1.NC(Cc1c[nH]cn1)C(=O)O. The number of nitrogens with one attached hydrogen (secondary N) is 1. The van der Waals surface area contributed by atoms with Crippen LogP contribution in [0.25, 0.3) is 6.08 Å². The molecule has 1 aromatic carbocycles. The number of nitrogens with zero attached hydrogens (tertiary/aromatic N) is 1. The lowest BCUT2D eigenvalue weighted by atomic mass is 10.1. The minimum absolute atomic E-state index is 0.263. The van der Waals surface area contributed by atoms with E-state index in [9.17, 15) is 4.79 Å². The molecule has 1 heterocycles. The van der Waals surface area contributed by atoms with Gasteiger partial charge in [-0.25, -0.2) is 4.98 Å². The quantitative estimate of drug-likeness (QED) is 0.791. The third-order valence-electron chi connectivity index (χ3n) is 2.99. The van der Waals surface area contributed by atoms with E-state index in [4.69, 9.17) is 10.8 Å². The Bertz CT molecular complexity index is 591. The Balaban J connectivity index is 0.000000149. The molecule has 1 aliphatic carbocycles. The fraction of sp³-hybridized carbons (Fsp3) is 0.200. The van der Waals surface area contributed by atoms with Crippen molar-refractivity contribution in [2.24, 2.45) is 5.73 Å². The average molecular weight is 271 g/mol. The number of hydrogen-bond donors (Lipinski definition) is 3. The predicted octanol–water partition coefficient (Wildman–Crippen LogP) is 1.62. The molecule has 20 heavy (non-hydrogen) atoms. The maximum Gasteiger partial charge on any atom is 0.320 e. The largest absolute Gasteiger partial charge is 0.480 e. The second kappa shape index (κ2) is 6.68. The van der Waals surface area contributed by atoms with E-state index in [0.29, 0.717) is 5.69 Å². The van der Waals surface area contributed by atoms with Crippen molar-refractivity contribution in [2.75, 3.05) is 0 Å². The fourth-order valence-electron chi connectivity index (χ4n) is 1.91. The summed E-state index contributed by atoms with van der Waals surface area (Å²) in [6, 6.07) is 7.63. The van der Waals surface area contributed by atoms with E-state index in [2.05, 4.69) is 46.4 Å². The molecule has 0 amide bonds. The summed E-state index contributed by atoms with van der Waals surface area (Å²) < 4.78 is 0. The Hall–Kier alpha value is -2.40. The summed E-state index contributed by atoms with van der Waals surface area (Å²) in [6.45, 7) is 0. The molecule has 0 saturated carbocycles. The van der Waals surface area contributed by atoms with Crippen molar-refractivity contribution >= 4 is 12.0 Å². The predicted molar refractivity (Wildman–Crippen MR) is 77.1 cm³/mol. The number of carboxylic acid groups (broad SMARTS) is 1. The number of carbonyl (C=O) groups is 1. The van der Waals surface area contributed by atoms with Crippen LogP contribution in [0.5, 0.6) is 0 Å². The topological polar surface area (TPSA) is 92.0 Å². The molecule has 3 rings (SSSR count). The summed E-state index contributed by atoms with van der Waals surface area (Å²) in [5, 5.41) is 8.42. The average Bonchev–Trinajstić information content (AvgIpc) is 3.09. The summed E-state index contributed by atoms with van der Waals surface area (Å²) in [7, 11) is 0. The molecule has 1 unspecified atom stereocenters. The molecular weight excluding hydrogens is 254 g/mol. The van der Waals surface area contributed by atoms with E-state index in [0.717, 1.165) is 6.42 Å². The molecule has 0 aliphatic heterocycles. The lowest BCUT2D eigenvalue weighted by molar-refractivity contribution is -0.138. The number of H-pyrrole nitrogens is 1. The highest BCUT2D eigenvalue weighted by molar-refractivity contribution is 5.73. The summed E-state index contributed by atoms with van der Waals surface area (Å²) in [6.07, 6.45) is 8.88. The molecule has 0 fully saturated rings. The number of fused-ring (bicyclic) bond motifs is 1. The van der Waals surface area contributed by atoms with E-state index in [-0.39, 0.29) is 6.42 Å². The van der Waals surface area contributed by atoms with Gasteiger partial charge in [-0.3, -0.25) is 4.79 Å². The third kappa shape index (κ3) is 3.80. The monoisotopic (exact) mass is 271 g/mol. The van der Waals surface area contributed by atoms with E-state index in [1.54, 1.807) is 6.20 Å². The molecule has 0 spiro atoms. The van der Waals surface area contributed by atoms with Crippen LogP contribution in [-0.4, -0.2) is 27.1 Å². The number of imidazole rings is 1. The Morgan fingerprint density at radius 2 is 2.25 bits per heavy atom. The van der Waals surface area contributed by atoms with Gasteiger partial charge < -0.3 is 15.8 Å². The number of allylic oxidation sites excluding steroid dienone is 1. The van der Waals surface area contributed by atoms with Crippen LogP contribution in [-0.2, 0) is 17.6 Å². The van der Waals surface area contributed by atoms with Gasteiger partial charge in [0.25, 0.3) is 0 Å². The van der Waals surface area contributed by atoms with Crippen molar-refractivity contribution in [3.05, 3.63) is 59.7 Å². The van der Waals surface area contributed by atoms with Crippen LogP contribution in [0.3, 0.4) is 0 Å². The zero-order chi connectivity index (χ0) is 14.4. The molecular formula is C15H17N3O2. The lowest BCUT2D eigenvalue weighted by Crippen LogP contribution is -2.32. The summed E-state index contributed by atoms with van der Waals surface area (Å²) in [5.74, 6) is -1.01. The maximum atomic E-state index is 10.3. The van der Waals surface area contributed by atoms with Crippen LogP contribution in [0.4, 0.5) is 0 Å². The van der Waals surface area contributed by atoms with Gasteiger partial charge in [-0.2, -0.15) is 0 Å². The Morgan fingerprint density at radius 3 is 2.90 bits per heavy atom. The Morgan fingerprint density at radius 1 is 1.45 bits per heavy atom. The smallest absolute Gasteiger partial charge is 0.320 e. The highest BCUT2D eigenvalue weighted by Gasteiger charge is 2.12. The van der Waals surface area contributed by atoms with Crippen molar-refractivity contribution in [1.82, 2.24) is 9.97 Å². The number of aromatic amines is 1. The van der Waals surface area contributed by atoms with Gasteiger partial charge in [0, 0.05) is 12.6 Å². The van der Waals surface area contributed by atoms with Gasteiger partial charge in [0.1, 0.15) is 6.04 Å². The van der Waals surface area contributed by atoms with E-state index < -0.39 is 12.0 Å². The number of carboxylic acids is 1. The minimum Gasteiger partial charge on any atom is -0.480 e. The summed E-state index contributed by atoms with van der Waals surface area (Å²) in [5.41, 5.74) is 8.76. The van der Waals surface area contributed by atoms with Gasteiger partial charge in [-0.05, 0) is 17.5 Å². The molecule has 5 heteroatoms. The van der Waals surface area contributed by atoms with Crippen molar-refractivity contribution in [1.29, 1.82) is 0 Å². The normalized spacial score (nSPS) is 13.2. The highest BCUT2D eigenvalue weighted by Crippen LogP contribution is 2.17. The zero-order valence-electron chi connectivity index (χ0n) is 11.0. The fourth-order valence-corrected chi connectivity index (χ4v) is 1.91. The third-order valence-corrected chi connectivity index (χ3v) is 2.99. The molecule has 0 saturated heterocycles. The zero-order valence-corrected chi connectivity index (χ0v) is 11.0. The van der Waals surface area contributed by atoms with Crippen molar-refractivity contribution < 1.29 is 9.90 Å². The highest BCUT2D eigenvalue weighted by atomic mass is 16.4. The molecule has 0 bridgehead atoms. The Labute approximate surface area is 117 Å². The van der Waals surface area contributed by atoms with Crippen molar-refractivity contribution in [3.63, 3.8) is 0 Å². The van der Waals surface area contributed by atoms with Gasteiger partial charge in [0.15, 0.2) is 0 Å². The first-order valence-electron chi connectivity index (χ1n) is 6.37. The summed E-state index contributed by atoms with van der Waals surface area (Å²) >= 11 is 0. The molecule has 1 atom stereocenters. The summed E-state index contributed by atoms with van der Waals surface area (Å²) in [4.78, 5) is 16.8. The second-order valence-corrected chi connectivity index (χ2v) is 4.51. The van der Waals surface area contributed by atoms with Crippen LogP contribution in [0.1, 0.15) is 16.8 Å². The molecule has 5 nitrogen and oxygen atoms in total. The number of benzene rings is 1. The van der Waals surface area contributed by atoms with Gasteiger partial charge in [0.05, 0.1) is 12.0 Å². The standard InChI is InChI=1S/C9H8.C6H9N3O2/c1-2-5-9-7-3-6-8(9)4-1;7-5(6(10)11)1-4-2-8-3-9-4/h1-6H,7H2;2-3,5H,1,7H2,(H,8,9)(H,10,11). The number of rotatable bonds is 3. The minimum atomic E-state index is -1.01. The first-order chi connectivity index (χ1) is 9.66. The molecule has 104 valence electrons. The van der Waals surface area contributed by atoms with E-state index >= 15 is 0 Å². The van der Waals surface area contributed by atoms with Gasteiger partial charge in [-0.15, -0.1) is 0 Å². The number of hydrogen-bond acceptors (Lipinski definition) is 3. The van der Waals surface area contributed by atoms with Crippen molar-refractivity contribution in [2.45, 2.75) is 18.9 Å². The van der Waals surface area contributed by atoms with Gasteiger partial charge in [0.2, 0.25) is 0 Å². The lowest BCUT2D eigenvalue weighted by Gasteiger charge is -2.01. The number of aromatic nitrogens is 2. The van der Waals surface area contributed by atoms with Gasteiger partial charge >= 0.3 is 5.97 Å².